The van der Waals surface area contributed by atoms with Gasteiger partial charge in [0.15, 0.2) is 0 Å². The van der Waals surface area contributed by atoms with Crippen molar-refractivity contribution in [2.45, 2.75) is 51.0 Å². The Morgan fingerprint density at radius 3 is 2.39 bits per heavy atom. The summed E-state index contributed by atoms with van der Waals surface area (Å²) >= 11 is 3.45. The lowest BCUT2D eigenvalue weighted by atomic mass is 10.0. The van der Waals surface area contributed by atoms with Crippen LogP contribution in [-0.4, -0.2) is 17.6 Å². The van der Waals surface area contributed by atoms with Gasteiger partial charge in [-0.3, -0.25) is 4.57 Å². The zero-order valence-corrected chi connectivity index (χ0v) is 18.9. The second-order valence-electron chi connectivity index (χ2n) is 7.32. The van der Waals surface area contributed by atoms with Crippen LogP contribution in [0.3, 0.4) is 0 Å². The number of halogens is 1. The highest BCUT2D eigenvalue weighted by Crippen LogP contribution is 2.45. The molecule has 1 aliphatic rings. The van der Waals surface area contributed by atoms with E-state index in [4.69, 9.17) is 9.26 Å². The molecule has 152 valence electrons. The number of hydrogen-bond acceptors (Lipinski definition) is 3. The van der Waals surface area contributed by atoms with Gasteiger partial charge in [-0.2, -0.15) is 0 Å². The molecule has 2 aromatic rings. The summed E-state index contributed by atoms with van der Waals surface area (Å²) in [5.74, 6) is 0.939. The van der Waals surface area contributed by atoms with Crippen LogP contribution in [0, 0.1) is 5.92 Å². The van der Waals surface area contributed by atoms with Crippen molar-refractivity contribution in [3.63, 3.8) is 0 Å². The molecule has 0 aliphatic heterocycles. The normalized spacial score (nSPS) is 18.0. The van der Waals surface area contributed by atoms with Crippen LogP contribution in [0.15, 0.2) is 42.5 Å². The van der Waals surface area contributed by atoms with E-state index in [2.05, 4.69) is 22.9 Å². The Balaban J connectivity index is 1.95. The molecule has 3 rings (SSSR count). The molecule has 2 atom stereocenters. The lowest BCUT2D eigenvalue weighted by Crippen LogP contribution is -2.24. The number of benzene rings is 2. The predicted molar refractivity (Wildman–Crippen MR) is 118 cm³/mol. The zero-order valence-electron chi connectivity index (χ0n) is 16.4. The molecule has 0 amide bonds. The lowest BCUT2D eigenvalue weighted by Gasteiger charge is -2.24. The molecule has 1 saturated carbocycles. The maximum absolute atomic E-state index is 12.9. The molecule has 0 bridgehead atoms. The van der Waals surface area contributed by atoms with Crippen LogP contribution in [0.25, 0.3) is 11.1 Å². The van der Waals surface area contributed by atoms with E-state index in [0.717, 1.165) is 29.3 Å². The molecule has 0 spiro atoms. The van der Waals surface area contributed by atoms with E-state index in [-0.39, 0.29) is 18.0 Å². The Labute approximate surface area is 175 Å². The minimum Gasteiger partial charge on any atom is -0.489 e. The molecule has 28 heavy (non-hydrogen) atoms. The monoisotopic (exact) mass is 466 g/mol. The molecule has 2 aromatic carbocycles. The summed E-state index contributed by atoms with van der Waals surface area (Å²) in [6.07, 6.45) is 4.76. The summed E-state index contributed by atoms with van der Waals surface area (Å²) in [5, 5.41) is 1.03. The quantitative estimate of drug-likeness (QED) is 0.379. The third-order valence-corrected chi connectivity index (χ3v) is 7.60. The van der Waals surface area contributed by atoms with Crippen molar-refractivity contribution in [1.82, 2.24) is 0 Å². The highest BCUT2D eigenvalue weighted by Gasteiger charge is 2.30. The average molecular weight is 467 g/mol. The van der Waals surface area contributed by atoms with Gasteiger partial charge in [0.05, 0.1) is 12.7 Å². The van der Waals surface area contributed by atoms with E-state index >= 15 is 0 Å². The van der Waals surface area contributed by atoms with Crippen molar-refractivity contribution >= 4 is 28.8 Å². The second-order valence-corrected chi connectivity index (χ2v) is 9.66. The van der Waals surface area contributed by atoms with Crippen LogP contribution in [0.1, 0.15) is 45.1 Å². The number of hydrogen-bond donors (Lipinski definition) is 1. The minimum atomic E-state index is -3.97. The van der Waals surface area contributed by atoms with Crippen LogP contribution >= 0.6 is 23.5 Å². The van der Waals surface area contributed by atoms with E-state index < -0.39 is 7.60 Å². The molecular weight excluding hydrogens is 439 g/mol. The van der Waals surface area contributed by atoms with Crippen molar-refractivity contribution in [3.05, 3.63) is 48.0 Å². The van der Waals surface area contributed by atoms with Gasteiger partial charge in [-0.05, 0) is 61.4 Å². The summed E-state index contributed by atoms with van der Waals surface area (Å²) in [6, 6.07) is 13.6. The highest BCUT2D eigenvalue weighted by atomic mass is 79.9. The number of ether oxygens (including phenoxy) is 1. The van der Waals surface area contributed by atoms with E-state index in [9.17, 15) is 9.46 Å². The minimum absolute atomic E-state index is 0.00643. The topological polar surface area (TPSA) is 55.8 Å². The molecule has 0 radical (unpaired) electrons. The first-order valence-corrected chi connectivity index (χ1v) is 12.6. The number of alkyl halides is 1. The maximum atomic E-state index is 12.9. The van der Waals surface area contributed by atoms with Crippen molar-refractivity contribution < 1.29 is 18.7 Å². The molecule has 1 N–H and O–H groups in total. The molecule has 2 unspecified atom stereocenters. The standard InChI is InChI=1S/C22H28BrO4P/c1-3-26-28(24,25)22-14-20(19-10-8-17(15-23)9-11-19)12-13-21(22)27-16(2)18-6-4-5-7-18/h8-14,16,18H,3-7,15H2,1-2H3,(H,24,25). The smallest absolute Gasteiger partial charge is 0.362 e. The molecule has 1 aliphatic carbocycles. The highest BCUT2D eigenvalue weighted by molar-refractivity contribution is 9.08. The third-order valence-electron chi connectivity index (χ3n) is 5.39. The van der Waals surface area contributed by atoms with E-state index in [1.165, 1.54) is 18.4 Å². The molecule has 1 fully saturated rings. The van der Waals surface area contributed by atoms with Crippen molar-refractivity contribution in [1.29, 1.82) is 0 Å². The summed E-state index contributed by atoms with van der Waals surface area (Å²) < 4.78 is 24.3. The lowest BCUT2D eigenvalue weighted by molar-refractivity contribution is 0.155. The largest absolute Gasteiger partial charge is 0.489 e. The third kappa shape index (κ3) is 5.07. The van der Waals surface area contributed by atoms with Gasteiger partial charge in [-0.25, -0.2) is 0 Å². The van der Waals surface area contributed by atoms with Crippen LogP contribution in [-0.2, 0) is 14.4 Å². The van der Waals surface area contributed by atoms with Crippen LogP contribution in [0.4, 0.5) is 0 Å². The molecule has 0 saturated heterocycles. The van der Waals surface area contributed by atoms with E-state index in [0.29, 0.717) is 11.7 Å². The molecule has 4 nitrogen and oxygen atoms in total. The van der Waals surface area contributed by atoms with Gasteiger partial charge in [-0.15, -0.1) is 0 Å². The van der Waals surface area contributed by atoms with Crippen LogP contribution in [0.2, 0.25) is 0 Å². The molecule has 0 heterocycles. The fourth-order valence-corrected chi connectivity index (χ4v) is 5.34. The fraction of sp³-hybridized carbons (Fsp3) is 0.455. The summed E-state index contributed by atoms with van der Waals surface area (Å²) in [5.41, 5.74) is 3.03. The van der Waals surface area contributed by atoms with Crippen molar-refractivity contribution in [2.24, 2.45) is 5.92 Å². The van der Waals surface area contributed by atoms with E-state index in [1.807, 2.05) is 30.3 Å². The Kier molecular flexibility index (Phi) is 7.38. The van der Waals surface area contributed by atoms with Gasteiger partial charge in [-0.1, -0.05) is 59.1 Å². The number of rotatable bonds is 8. The van der Waals surface area contributed by atoms with E-state index in [1.54, 1.807) is 19.1 Å². The maximum Gasteiger partial charge on any atom is 0.362 e. The van der Waals surface area contributed by atoms with Crippen molar-refractivity contribution in [2.75, 3.05) is 6.61 Å². The SMILES string of the molecule is CCOP(=O)(O)c1cc(-c2ccc(CBr)cc2)ccc1OC(C)C1CCCC1. The van der Waals surface area contributed by atoms with Gasteiger partial charge in [0.1, 0.15) is 11.1 Å². The Morgan fingerprint density at radius 2 is 1.79 bits per heavy atom. The molecule has 0 aromatic heterocycles. The zero-order chi connectivity index (χ0) is 20.1. The molecular formula is C22H28BrO4P. The van der Waals surface area contributed by atoms with Crippen LogP contribution in [0.5, 0.6) is 5.75 Å². The summed E-state index contributed by atoms with van der Waals surface area (Å²) in [6.45, 7) is 3.93. The second kappa shape index (κ2) is 9.58. The first-order chi connectivity index (χ1) is 13.4. The Morgan fingerprint density at radius 1 is 1.14 bits per heavy atom. The van der Waals surface area contributed by atoms with Gasteiger partial charge in [0.2, 0.25) is 0 Å². The predicted octanol–water partition coefficient (Wildman–Crippen LogP) is 6.05. The Bertz CT molecular complexity index is 831. The first-order valence-electron chi connectivity index (χ1n) is 9.88. The summed E-state index contributed by atoms with van der Waals surface area (Å²) in [4.78, 5) is 10.5. The molecule has 6 heteroatoms. The van der Waals surface area contributed by atoms with Crippen LogP contribution < -0.4 is 10.0 Å². The first kappa shape index (κ1) is 21.6. The van der Waals surface area contributed by atoms with Crippen molar-refractivity contribution in [3.8, 4) is 16.9 Å². The van der Waals surface area contributed by atoms with Gasteiger partial charge < -0.3 is 14.2 Å². The summed E-state index contributed by atoms with van der Waals surface area (Å²) in [7, 11) is -3.97. The Hall–Kier alpha value is -1.13. The van der Waals surface area contributed by atoms with Gasteiger partial charge >= 0.3 is 7.60 Å². The fourth-order valence-electron chi connectivity index (χ4n) is 3.77. The van der Waals surface area contributed by atoms with Gasteiger partial charge in [0.25, 0.3) is 0 Å². The average Bonchev–Trinajstić information content (AvgIpc) is 3.23. The van der Waals surface area contributed by atoms with Gasteiger partial charge in [0, 0.05) is 5.33 Å².